The average molecular weight is 296 g/mol. The molecule has 3 fully saturated rings. The van der Waals surface area contributed by atoms with E-state index in [4.69, 9.17) is 9.84 Å². The zero-order valence-electron chi connectivity index (χ0n) is 11.9. The minimum atomic E-state index is -0.913. The Morgan fingerprint density at radius 1 is 1.00 bits per heavy atom. The molecule has 3 atom stereocenters. The van der Waals surface area contributed by atoms with Crippen LogP contribution in [-0.4, -0.2) is 71.6 Å². The molecular formula is C14H20N2O5. The van der Waals surface area contributed by atoms with Gasteiger partial charge in [0.15, 0.2) is 0 Å². The average Bonchev–Trinajstić information content (AvgIpc) is 3.16. The first-order chi connectivity index (χ1) is 10.1. The van der Waals surface area contributed by atoms with Crippen molar-refractivity contribution in [3.05, 3.63) is 0 Å². The van der Waals surface area contributed by atoms with Gasteiger partial charge in [-0.3, -0.25) is 14.4 Å². The fourth-order valence-corrected chi connectivity index (χ4v) is 3.24. The molecule has 2 heterocycles. The van der Waals surface area contributed by atoms with Crippen LogP contribution in [0.5, 0.6) is 0 Å². The van der Waals surface area contributed by atoms with Crippen molar-refractivity contribution >= 4 is 17.8 Å². The van der Waals surface area contributed by atoms with Gasteiger partial charge in [0, 0.05) is 19.6 Å². The minimum Gasteiger partial charge on any atom is -0.481 e. The Labute approximate surface area is 122 Å². The Balaban J connectivity index is 1.63. The number of carbonyl (C=O) groups excluding carboxylic acids is 2. The summed E-state index contributed by atoms with van der Waals surface area (Å²) in [6.07, 6.45) is 1.88. The molecule has 0 aromatic carbocycles. The van der Waals surface area contributed by atoms with Crippen LogP contribution in [0.15, 0.2) is 0 Å². The zero-order valence-corrected chi connectivity index (χ0v) is 11.9. The van der Waals surface area contributed by atoms with E-state index in [1.54, 1.807) is 9.80 Å². The van der Waals surface area contributed by atoms with Crippen LogP contribution in [0.3, 0.4) is 0 Å². The van der Waals surface area contributed by atoms with Crippen LogP contribution in [0.2, 0.25) is 0 Å². The summed E-state index contributed by atoms with van der Waals surface area (Å²) in [5.41, 5.74) is 0. The van der Waals surface area contributed by atoms with Crippen molar-refractivity contribution in [3.8, 4) is 0 Å². The number of ether oxygens (including phenoxy) is 1. The molecule has 3 aliphatic rings. The van der Waals surface area contributed by atoms with E-state index in [2.05, 4.69) is 0 Å². The molecule has 0 bridgehead atoms. The Morgan fingerprint density at radius 3 is 2.33 bits per heavy atom. The fourth-order valence-electron chi connectivity index (χ4n) is 3.24. The summed E-state index contributed by atoms with van der Waals surface area (Å²) >= 11 is 0. The summed E-state index contributed by atoms with van der Waals surface area (Å²) in [7, 11) is 0. The third-order valence-electron chi connectivity index (χ3n) is 4.57. The summed E-state index contributed by atoms with van der Waals surface area (Å²) in [5, 5.41) is 8.93. The van der Waals surface area contributed by atoms with Crippen LogP contribution in [0.1, 0.15) is 19.3 Å². The third kappa shape index (κ3) is 2.74. The van der Waals surface area contributed by atoms with E-state index in [1.807, 2.05) is 0 Å². The first-order valence-electron chi connectivity index (χ1n) is 7.49. The lowest BCUT2D eigenvalue weighted by Gasteiger charge is -2.32. The monoisotopic (exact) mass is 296 g/mol. The lowest BCUT2D eigenvalue weighted by Crippen LogP contribution is -2.51. The van der Waals surface area contributed by atoms with Gasteiger partial charge in [-0.05, 0) is 19.3 Å². The quantitative estimate of drug-likeness (QED) is 0.762. The number of hydrogen-bond donors (Lipinski definition) is 1. The summed E-state index contributed by atoms with van der Waals surface area (Å²) in [6.45, 7) is 2.77. The number of carboxylic acids is 1. The van der Waals surface area contributed by atoms with Gasteiger partial charge >= 0.3 is 5.97 Å². The normalized spacial score (nSPS) is 32.1. The third-order valence-corrected chi connectivity index (χ3v) is 4.57. The van der Waals surface area contributed by atoms with Crippen molar-refractivity contribution in [2.45, 2.75) is 25.3 Å². The number of hydrogen-bond acceptors (Lipinski definition) is 4. The molecule has 1 N–H and O–H groups in total. The van der Waals surface area contributed by atoms with E-state index < -0.39 is 23.8 Å². The van der Waals surface area contributed by atoms with Crippen molar-refractivity contribution in [2.75, 3.05) is 32.8 Å². The smallest absolute Gasteiger partial charge is 0.307 e. The molecule has 3 rings (SSSR count). The molecule has 0 aromatic heterocycles. The van der Waals surface area contributed by atoms with Crippen LogP contribution in [0.4, 0.5) is 0 Å². The van der Waals surface area contributed by atoms with Crippen molar-refractivity contribution in [2.24, 2.45) is 11.8 Å². The van der Waals surface area contributed by atoms with Crippen molar-refractivity contribution < 1.29 is 24.2 Å². The molecule has 116 valence electrons. The summed E-state index contributed by atoms with van der Waals surface area (Å²) < 4.78 is 5.24. The molecule has 0 spiro atoms. The van der Waals surface area contributed by atoms with E-state index >= 15 is 0 Å². The molecule has 7 nitrogen and oxygen atoms in total. The number of likely N-dealkylation sites (tertiary alicyclic amines) is 1. The summed E-state index contributed by atoms with van der Waals surface area (Å²) in [6, 6.07) is -0.411. The van der Waals surface area contributed by atoms with E-state index in [9.17, 15) is 14.4 Å². The van der Waals surface area contributed by atoms with Gasteiger partial charge in [0.25, 0.3) is 0 Å². The van der Waals surface area contributed by atoms with E-state index in [1.165, 1.54) is 0 Å². The van der Waals surface area contributed by atoms with E-state index in [-0.39, 0.29) is 11.8 Å². The van der Waals surface area contributed by atoms with Crippen LogP contribution in [0.25, 0.3) is 0 Å². The number of carbonyl (C=O) groups is 3. The minimum absolute atomic E-state index is 0.0170. The number of morpholine rings is 1. The Kier molecular flexibility index (Phi) is 3.84. The molecule has 21 heavy (non-hydrogen) atoms. The summed E-state index contributed by atoms with van der Waals surface area (Å²) in [4.78, 5) is 39.2. The maximum Gasteiger partial charge on any atom is 0.307 e. The fraction of sp³-hybridized carbons (Fsp3) is 0.786. The molecule has 7 heteroatoms. The number of nitrogens with zero attached hydrogens (tertiary/aromatic N) is 2. The highest BCUT2D eigenvalue weighted by Gasteiger charge is 2.52. The van der Waals surface area contributed by atoms with Gasteiger partial charge in [0.05, 0.1) is 25.0 Å². The van der Waals surface area contributed by atoms with Crippen LogP contribution in [0, 0.1) is 11.8 Å². The second-order valence-corrected chi connectivity index (χ2v) is 5.91. The van der Waals surface area contributed by atoms with Crippen LogP contribution < -0.4 is 0 Å². The SMILES string of the molecule is O=C(O)[C@H]1C[C@H]1C(=O)N1CCCC1C(=O)N1CCOCC1. The predicted molar refractivity (Wildman–Crippen MR) is 71.4 cm³/mol. The standard InChI is InChI=1S/C14H20N2O5/c17-12(9-8-10(9)14(19)20)16-3-1-2-11(16)13(18)15-4-6-21-7-5-15/h9-11H,1-8H2,(H,19,20)/t9-,10+,11?/m1/s1. The number of aliphatic carboxylic acids is 1. The number of carboxylic acid groups (broad SMARTS) is 1. The van der Waals surface area contributed by atoms with Gasteiger partial charge < -0.3 is 19.6 Å². The maximum atomic E-state index is 12.5. The highest BCUT2D eigenvalue weighted by atomic mass is 16.5. The van der Waals surface area contributed by atoms with Crippen molar-refractivity contribution in [1.29, 1.82) is 0 Å². The molecule has 1 unspecified atom stereocenters. The van der Waals surface area contributed by atoms with E-state index in [0.29, 0.717) is 45.7 Å². The Morgan fingerprint density at radius 2 is 1.71 bits per heavy atom. The lowest BCUT2D eigenvalue weighted by molar-refractivity contribution is -0.148. The molecule has 0 aromatic rings. The van der Waals surface area contributed by atoms with Gasteiger partial charge in [-0.15, -0.1) is 0 Å². The second-order valence-electron chi connectivity index (χ2n) is 5.91. The van der Waals surface area contributed by atoms with E-state index in [0.717, 1.165) is 6.42 Å². The van der Waals surface area contributed by atoms with Gasteiger partial charge in [-0.2, -0.15) is 0 Å². The van der Waals surface area contributed by atoms with Gasteiger partial charge in [0.1, 0.15) is 6.04 Å². The maximum absolute atomic E-state index is 12.5. The predicted octanol–water partition coefficient (Wildman–Crippen LogP) is -0.443. The highest BCUT2D eigenvalue weighted by molar-refractivity contribution is 5.93. The van der Waals surface area contributed by atoms with Crippen LogP contribution >= 0.6 is 0 Å². The molecule has 2 saturated heterocycles. The van der Waals surface area contributed by atoms with Gasteiger partial charge in [-0.1, -0.05) is 0 Å². The van der Waals surface area contributed by atoms with Gasteiger partial charge in [0.2, 0.25) is 11.8 Å². The highest BCUT2D eigenvalue weighted by Crippen LogP contribution is 2.41. The zero-order chi connectivity index (χ0) is 15.0. The van der Waals surface area contributed by atoms with Crippen molar-refractivity contribution in [3.63, 3.8) is 0 Å². The molecule has 1 saturated carbocycles. The molecule has 1 aliphatic carbocycles. The molecular weight excluding hydrogens is 276 g/mol. The Bertz CT molecular complexity index is 460. The second kappa shape index (κ2) is 5.63. The van der Waals surface area contributed by atoms with Crippen LogP contribution in [-0.2, 0) is 19.1 Å². The first kappa shape index (κ1) is 14.3. The summed E-state index contributed by atoms with van der Waals surface area (Å²) in [5.74, 6) is -2.08. The van der Waals surface area contributed by atoms with Gasteiger partial charge in [-0.25, -0.2) is 0 Å². The first-order valence-corrected chi connectivity index (χ1v) is 7.49. The van der Waals surface area contributed by atoms with Crippen molar-refractivity contribution in [1.82, 2.24) is 9.80 Å². The lowest BCUT2D eigenvalue weighted by atomic mass is 10.1. The number of amides is 2. The molecule has 0 radical (unpaired) electrons. The molecule has 2 amide bonds. The topological polar surface area (TPSA) is 87.2 Å². The Hall–Kier alpha value is -1.63. The largest absolute Gasteiger partial charge is 0.481 e. The number of rotatable bonds is 3. The molecule has 2 aliphatic heterocycles.